The number of hydrogen-bond donors (Lipinski definition) is 0. The van der Waals surface area contributed by atoms with E-state index in [-0.39, 0.29) is 0 Å². The lowest BCUT2D eigenvalue weighted by molar-refractivity contribution is 0.518. The molecule has 1 heteroatoms. The van der Waals surface area contributed by atoms with Gasteiger partial charge in [0.15, 0.2) is 0 Å². The molecule has 0 unspecified atom stereocenters. The van der Waals surface area contributed by atoms with Crippen LogP contribution in [-0.4, -0.2) is 11.5 Å². The Kier molecular flexibility index (Phi) is 29.7. The zero-order chi connectivity index (χ0) is 21.8. The van der Waals surface area contributed by atoms with Crippen molar-refractivity contribution < 1.29 is 0 Å². The van der Waals surface area contributed by atoms with Gasteiger partial charge in [-0.2, -0.15) is 11.8 Å². The molecule has 0 heterocycles. The standard InChI is InChI=1S/C29H60S/c1-3-5-6-7-8-9-10-11-12-13-14-15-16-17-18-19-20-21-22-23-24-25-26-27-29-30-28-4-2/h3-29H2,1-2H3. The third kappa shape index (κ3) is 28.4. The minimum Gasteiger partial charge on any atom is -0.162 e. The second-order valence-electron chi connectivity index (χ2n) is 9.74. The van der Waals surface area contributed by atoms with Crippen LogP contribution < -0.4 is 0 Å². The highest BCUT2D eigenvalue weighted by atomic mass is 32.2. The number of rotatable bonds is 27. The van der Waals surface area contributed by atoms with Crippen molar-refractivity contribution >= 4 is 11.8 Å². The molecule has 0 aromatic rings. The molecule has 0 aromatic heterocycles. The van der Waals surface area contributed by atoms with Crippen LogP contribution in [0, 0.1) is 0 Å². The van der Waals surface area contributed by atoms with Crippen LogP contribution >= 0.6 is 11.8 Å². The summed E-state index contributed by atoms with van der Waals surface area (Å²) in [6.45, 7) is 4.59. The minimum atomic E-state index is 1.34. The summed E-state index contributed by atoms with van der Waals surface area (Å²) in [6, 6.07) is 0. The lowest BCUT2D eigenvalue weighted by Gasteiger charge is -2.04. The number of hydrogen-bond acceptors (Lipinski definition) is 1. The second kappa shape index (κ2) is 29.4. The van der Waals surface area contributed by atoms with Gasteiger partial charge in [0.05, 0.1) is 0 Å². The molecule has 0 saturated heterocycles. The fourth-order valence-corrected chi connectivity index (χ4v) is 5.31. The van der Waals surface area contributed by atoms with E-state index in [0.717, 1.165) is 0 Å². The van der Waals surface area contributed by atoms with Crippen LogP contribution in [0.25, 0.3) is 0 Å². The predicted molar refractivity (Wildman–Crippen MR) is 144 cm³/mol. The average Bonchev–Trinajstić information content (AvgIpc) is 2.76. The maximum Gasteiger partial charge on any atom is -0.00675 e. The molecule has 0 spiro atoms. The summed E-state index contributed by atoms with van der Waals surface area (Å²) in [6.07, 6.45) is 36.8. The van der Waals surface area contributed by atoms with Crippen molar-refractivity contribution in [3.63, 3.8) is 0 Å². The Balaban J connectivity index is 2.97. The Labute approximate surface area is 197 Å². The van der Waals surface area contributed by atoms with Crippen LogP contribution in [0.15, 0.2) is 0 Å². The first kappa shape index (κ1) is 30.4. The first-order valence-electron chi connectivity index (χ1n) is 14.5. The Hall–Kier alpha value is 0.350. The summed E-state index contributed by atoms with van der Waals surface area (Å²) in [7, 11) is 0. The zero-order valence-corrected chi connectivity index (χ0v) is 22.3. The molecule has 0 fully saturated rings. The van der Waals surface area contributed by atoms with E-state index in [2.05, 4.69) is 25.6 Å². The van der Waals surface area contributed by atoms with Crippen LogP contribution in [0.4, 0.5) is 0 Å². The Morgan fingerprint density at radius 3 is 0.800 bits per heavy atom. The molecule has 0 N–H and O–H groups in total. The van der Waals surface area contributed by atoms with Crippen molar-refractivity contribution in [1.29, 1.82) is 0 Å². The molecule has 30 heavy (non-hydrogen) atoms. The highest BCUT2D eigenvalue weighted by Gasteiger charge is 1.96. The quantitative estimate of drug-likeness (QED) is 0.114. The summed E-state index contributed by atoms with van der Waals surface area (Å²) in [5.74, 6) is 2.76. The molecule has 0 saturated carbocycles. The molecule has 0 aliphatic carbocycles. The largest absolute Gasteiger partial charge is 0.162 e. The van der Waals surface area contributed by atoms with E-state index in [9.17, 15) is 0 Å². The molecule has 0 aromatic carbocycles. The topological polar surface area (TPSA) is 0 Å². The van der Waals surface area contributed by atoms with Crippen LogP contribution in [0.1, 0.15) is 174 Å². The SMILES string of the molecule is CCCCCCCCCCCCCCCCCCCCCCCCCCSCCC. The molecule has 0 aliphatic heterocycles. The van der Waals surface area contributed by atoms with Gasteiger partial charge in [-0.3, -0.25) is 0 Å². The van der Waals surface area contributed by atoms with E-state index in [1.165, 1.54) is 172 Å². The van der Waals surface area contributed by atoms with Crippen LogP contribution in [0.3, 0.4) is 0 Å². The number of unbranched alkanes of at least 4 members (excludes halogenated alkanes) is 23. The summed E-state index contributed by atoms with van der Waals surface area (Å²) in [4.78, 5) is 0. The second-order valence-corrected chi connectivity index (χ2v) is 11.0. The minimum absolute atomic E-state index is 1.34. The van der Waals surface area contributed by atoms with Gasteiger partial charge >= 0.3 is 0 Å². The predicted octanol–water partition coefficient (Wildman–Crippen LogP) is 11.5. The van der Waals surface area contributed by atoms with Crippen molar-refractivity contribution in [1.82, 2.24) is 0 Å². The smallest absolute Gasteiger partial charge is 0.00675 e. The van der Waals surface area contributed by atoms with Gasteiger partial charge in [0.2, 0.25) is 0 Å². The maximum absolute atomic E-state index is 2.31. The normalized spacial score (nSPS) is 11.4. The van der Waals surface area contributed by atoms with Gasteiger partial charge in [0.25, 0.3) is 0 Å². The van der Waals surface area contributed by atoms with Gasteiger partial charge in [0, 0.05) is 0 Å². The third-order valence-corrected chi connectivity index (χ3v) is 7.76. The van der Waals surface area contributed by atoms with Crippen LogP contribution in [0.2, 0.25) is 0 Å². The molecule has 182 valence electrons. The summed E-state index contributed by atoms with van der Waals surface area (Å²) in [5.41, 5.74) is 0. The fraction of sp³-hybridized carbons (Fsp3) is 1.00. The Bertz CT molecular complexity index is 248. The summed E-state index contributed by atoms with van der Waals surface area (Å²) in [5, 5.41) is 0. The van der Waals surface area contributed by atoms with Gasteiger partial charge in [-0.1, -0.05) is 162 Å². The summed E-state index contributed by atoms with van der Waals surface area (Å²) >= 11 is 2.15. The molecule has 0 amide bonds. The highest BCUT2D eigenvalue weighted by molar-refractivity contribution is 7.99. The molecular weight excluding hydrogens is 380 g/mol. The molecule has 0 aliphatic rings. The first-order valence-corrected chi connectivity index (χ1v) is 15.6. The van der Waals surface area contributed by atoms with Crippen molar-refractivity contribution in [2.24, 2.45) is 0 Å². The lowest BCUT2D eigenvalue weighted by atomic mass is 10.0. The summed E-state index contributed by atoms with van der Waals surface area (Å²) < 4.78 is 0. The van der Waals surface area contributed by atoms with Crippen LogP contribution in [-0.2, 0) is 0 Å². The fourth-order valence-electron chi connectivity index (χ4n) is 4.41. The van der Waals surface area contributed by atoms with Gasteiger partial charge < -0.3 is 0 Å². The van der Waals surface area contributed by atoms with Gasteiger partial charge in [0.1, 0.15) is 0 Å². The molecular formula is C29H60S. The Morgan fingerprint density at radius 2 is 0.533 bits per heavy atom. The molecule has 0 rings (SSSR count). The Morgan fingerprint density at radius 1 is 0.267 bits per heavy atom. The lowest BCUT2D eigenvalue weighted by Crippen LogP contribution is -1.85. The molecule has 0 nitrogen and oxygen atoms in total. The molecule has 0 radical (unpaired) electrons. The van der Waals surface area contributed by atoms with E-state index in [1.54, 1.807) is 0 Å². The maximum atomic E-state index is 2.31. The number of thioether (sulfide) groups is 1. The van der Waals surface area contributed by atoms with Crippen molar-refractivity contribution in [2.45, 2.75) is 174 Å². The van der Waals surface area contributed by atoms with Crippen LogP contribution in [0.5, 0.6) is 0 Å². The van der Waals surface area contributed by atoms with Crippen molar-refractivity contribution in [2.75, 3.05) is 11.5 Å². The van der Waals surface area contributed by atoms with Crippen molar-refractivity contribution in [3.8, 4) is 0 Å². The van der Waals surface area contributed by atoms with E-state index < -0.39 is 0 Å². The van der Waals surface area contributed by atoms with E-state index in [0.29, 0.717) is 0 Å². The molecule has 0 atom stereocenters. The third-order valence-electron chi connectivity index (χ3n) is 6.49. The van der Waals surface area contributed by atoms with Gasteiger partial charge in [-0.25, -0.2) is 0 Å². The van der Waals surface area contributed by atoms with Gasteiger partial charge in [-0.15, -0.1) is 0 Å². The van der Waals surface area contributed by atoms with E-state index in [1.807, 2.05) is 0 Å². The van der Waals surface area contributed by atoms with E-state index >= 15 is 0 Å². The highest BCUT2D eigenvalue weighted by Crippen LogP contribution is 2.16. The first-order chi connectivity index (χ1) is 14.9. The van der Waals surface area contributed by atoms with Gasteiger partial charge in [-0.05, 0) is 24.3 Å². The van der Waals surface area contributed by atoms with E-state index in [4.69, 9.17) is 0 Å². The molecule has 0 bridgehead atoms. The van der Waals surface area contributed by atoms with Crippen molar-refractivity contribution in [3.05, 3.63) is 0 Å². The monoisotopic (exact) mass is 440 g/mol. The zero-order valence-electron chi connectivity index (χ0n) is 21.5. The average molecular weight is 441 g/mol.